The molecule has 0 N–H and O–H groups in total. The fraction of sp³-hybridized carbons (Fsp3) is 0.263. The second kappa shape index (κ2) is 7.60. The number of nitrogens with zero attached hydrogens (tertiary/aromatic N) is 4. The number of fused-ring (bicyclic) bond motifs is 1. The van der Waals surface area contributed by atoms with Gasteiger partial charge in [0.25, 0.3) is 0 Å². The molecule has 1 aliphatic rings. The minimum absolute atomic E-state index is 0.672. The second-order valence-electron chi connectivity index (χ2n) is 5.93. The molecule has 0 saturated heterocycles. The zero-order chi connectivity index (χ0) is 17.9. The van der Waals surface area contributed by atoms with Crippen LogP contribution in [0.3, 0.4) is 0 Å². The third kappa shape index (κ3) is 3.52. The van der Waals surface area contributed by atoms with Gasteiger partial charge in [0.15, 0.2) is 5.16 Å². The predicted molar refractivity (Wildman–Crippen MR) is 106 cm³/mol. The number of benzene rings is 2. The molecule has 26 heavy (non-hydrogen) atoms. The van der Waals surface area contributed by atoms with Gasteiger partial charge in [0.05, 0.1) is 6.61 Å². The van der Waals surface area contributed by atoms with E-state index >= 15 is 0 Å². The first-order chi connectivity index (χ1) is 12.7. The molecule has 1 aromatic heterocycles. The molecule has 4 rings (SSSR count). The van der Waals surface area contributed by atoms with Crippen LogP contribution in [0.1, 0.15) is 12.5 Å². The van der Waals surface area contributed by atoms with Gasteiger partial charge in [-0.25, -0.2) is 0 Å². The predicted octanol–water partition coefficient (Wildman–Crippen LogP) is 4.77. The summed E-state index contributed by atoms with van der Waals surface area (Å²) < 4.78 is 7.69. The van der Waals surface area contributed by atoms with Crippen LogP contribution >= 0.6 is 23.4 Å². The lowest BCUT2D eigenvalue weighted by atomic mass is 10.2. The summed E-state index contributed by atoms with van der Waals surface area (Å²) in [6.07, 6.45) is 0. The van der Waals surface area contributed by atoms with E-state index in [1.54, 1.807) is 11.8 Å². The maximum absolute atomic E-state index is 5.94. The topological polar surface area (TPSA) is 43.2 Å². The van der Waals surface area contributed by atoms with Crippen molar-refractivity contribution in [2.75, 3.05) is 18.1 Å². The molecule has 7 heteroatoms. The zero-order valence-electron chi connectivity index (χ0n) is 14.4. The number of thioether (sulfide) groups is 1. The molecule has 0 atom stereocenters. The molecule has 0 radical (unpaired) electrons. The molecule has 0 aliphatic carbocycles. The van der Waals surface area contributed by atoms with Crippen molar-refractivity contribution in [3.63, 3.8) is 0 Å². The first kappa shape index (κ1) is 17.2. The van der Waals surface area contributed by atoms with Crippen molar-refractivity contribution in [3.05, 3.63) is 59.1 Å². The number of hydrogen-bond acceptors (Lipinski definition) is 5. The molecule has 1 aliphatic heterocycles. The summed E-state index contributed by atoms with van der Waals surface area (Å²) in [4.78, 5) is 2.19. The standard InChI is InChI=1S/C19H19ClN4OS/c1-2-25-17-9-7-16(8-10-17)23-11-12-24-18(23)21-22-19(24)26-13-14-3-5-15(20)6-4-14/h3-10H,2,11-13H2,1H3. The number of anilines is 2. The average Bonchev–Trinajstić information content (AvgIpc) is 3.25. The van der Waals surface area contributed by atoms with Gasteiger partial charge < -0.3 is 9.64 Å². The number of hydrogen-bond donors (Lipinski definition) is 0. The normalized spacial score (nSPS) is 13.1. The molecule has 3 aromatic rings. The van der Waals surface area contributed by atoms with Crippen LogP contribution in [-0.2, 0) is 12.3 Å². The average molecular weight is 387 g/mol. The van der Waals surface area contributed by atoms with Crippen LogP contribution in [0.5, 0.6) is 5.75 Å². The van der Waals surface area contributed by atoms with Gasteiger partial charge in [0.2, 0.25) is 5.95 Å². The SMILES string of the molecule is CCOc1ccc(N2CCn3c(SCc4ccc(Cl)cc4)nnc32)cc1. The van der Waals surface area contributed by atoms with Gasteiger partial charge in [0.1, 0.15) is 5.75 Å². The second-order valence-corrected chi connectivity index (χ2v) is 7.31. The van der Waals surface area contributed by atoms with Crippen LogP contribution in [-0.4, -0.2) is 27.9 Å². The Kier molecular flexibility index (Phi) is 5.04. The molecule has 0 unspecified atom stereocenters. The monoisotopic (exact) mass is 386 g/mol. The minimum Gasteiger partial charge on any atom is -0.494 e. The van der Waals surface area contributed by atoms with Gasteiger partial charge in [0, 0.05) is 29.6 Å². The number of halogens is 1. The van der Waals surface area contributed by atoms with E-state index in [4.69, 9.17) is 16.3 Å². The Morgan fingerprint density at radius 2 is 1.81 bits per heavy atom. The van der Waals surface area contributed by atoms with E-state index in [-0.39, 0.29) is 0 Å². The lowest BCUT2D eigenvalue weighted by Crippen LogP contribution is -2.14. The molecular formula is C19H19ClN4OS. The van der Waals surface area contributed by atoms with Gasteiger partial charge in [-0.2, -0.15) is 0 Å². The summed E-state index contributed by atoms with van der Waals surface area (Å²) in [5.41, 5.74) is 2.33. The molecule has 0 spiro atoms. The van der Waals surface area contributed by atoms with Crippen LogP contribution in [0.2, 0.25) is 5.02 Å². The van der Waals surface area contributed by atoms with E-state index in [9.17, 15) is 0 Å². The summed E-state index contributed by atoms with van der Waals surface area (Å²) in [5, 5.41) is 10.5. The van der Waals surface area contributed by atoms with Gasteiger partial charge in [-0.05, 0) is 48.9 Å². The summed E-state index contributed by atoms with van der Waals surface area (Å²) in [7, 11) is 0. The van der Waals surface area contributed by atoms with Crippen molar-refractivity contribution < 1.29 is 4.74 Å². The largest absolute Gasteiger partial charge is 0.494 e. The Morgan fingerprint density at radius 3 is 2.54 bits per heavy atom. The van der Waals surface area contributed by atoms with Crippen molar-refractivity contribution in [3.8, 4) is 5.75 Å². The van der Waals surface area contributed by atoms with Crippen molar-refractivity contribution >= 4 is 35.0 Å². The fourth-order valence-electron chi connectivity index (χ4n) is 2.95. The Labute approximate surface area is 161 Å². The summed E-state index contributed by atoms with van der Waals surface area (Å²) >= 11 is 7.64. The highest BCUT2D eigenvalue weighted by molar-refractivity contribution is 7.98. The molecule has 0 amide bonds. The Hall–Kier alpha value is -2.18. The smallest absolute Gasteiger partial charge is 0.232 e. The van der Waals surface area contributed by atoms with Crippen molar-refractivity contribution in [1.29, 1.82) is 0 Å². The Morgan fingerprint density at radius 1 is 1.04 bits per heavy atom. The van der Waals surface area contributed by atoms with Crippen LogP contribution < -0.4 is 9.64 Å². The van der Waals surface area contributed by atoms with Crippen LogP contribution in [0.4, 0.5) is 11.6 Å². The molecule has 0 bridgehead atoms. The third-order valence-corrected chi connectivity index (χ3v) is 5.52. The van der Waals surface area contributed by atoms with E-state index < -0.39 is 0 Å². The van der Waals surface area contributed by atoms with Crippen molar-refractivity contribution in [2.24, 2.45) is 0 Å². The fourth-order valence-corrected chi connectivity index (χ4v) is 3.99. The number of rotatable bonds is 6. The number of aromatic nitrogens is 3. The first-order valence-electron chi connectivity index (χ1n) is 8.55. The lowest BCUT2D eigenvalue weighted by Gasteiger charge is -2.15. The first-order valence-corrected chi connectivity index (χ1v) is 9.92. The zero-order valence-corrected chi connectivity index (χ0v) is 16.0. The maximum atomic E-state index is 5.94. The Balaban J connectivity index is 1.47. The van der Waals surface area contributed by atoms with Crippen molar-refractivity contribution in [2.45, 2.75) is 24.4 Å². The summed E-state index contributed by atoms with van der Waals surface area (Å²) in [5.74, 6) is 2.63. The highest BCUT2D eigenvalue weighted by atomic mass is 35.5. The van der Waals surface area contributed by atoms with E-state index in [2.05, 4.69) is 31.8 Å². The highest BCUT2D eigenvalue weighted by Crippen LogP contribution is 2.33. The lowest BCUT2D eigenvalue weighted by molar-refractivity contribution is 0.340. The highest BCUT2D eigenvalue weighted by Gasteiger charge is 2.26. The van der Waals surface area contributed by atoms with Gasteiger partial charge in [-0.3, -0.25) is 4.57 Å². The summed E-state index contributed by atoms with van der Waals surface area (Å²) in [6.45, 7) is 4.44. The van der Waals surface area contributed by atoms with E-state index in [0.717, 1.165) is 46.4 Å². The van der Waals surface area contributed by atoms with Gasteiger partial charge >= 0.3 is 0 Å². The Bertz CT molecular complexity index is 880. The van der Waals surface area contributed by atoms with Crippen molar-refractivity contribution in [1.82, 2.24) is 14.8 Å². The van der Waals surface area contributed by atoms with E-state index in [1.165, 1.54) is 5.56 Å². The maximum Gasteiger partial charge on any atom is 0.232 e. The minimum atomic E-state index is 0.672. The summed E-state index contributed by atoms with van der Waals surface area (Å²) in [6, 6.07) is 16.0. The molecular weight excluding hydrogens is 368 g/mol. The molecule has 5 nitrogen and oxygen atoms in total. The van der Waals surface area contributed by atoms with Gasteiger partial charge in [-0.1, -0.05) is 35.5 Å². The van der Waals surface area contributed by atoms with Crippen LogP contribution in [0, 0.1) is 0 Å². The molecule has 0 saturated carbocycles. The molecule has 2 aromatic carbocycles. The molecule has 0 fully saturated rings. The molecule has 134 valence electrons. The third-order valence-electron chi connectivity index (χ3n) is 4.23. The van der Waals surface area contributed by atoms with Crippen LogP contribution in [0.15, 0.2) is 53.7 Å². The van der Waals surface area contributed by atoms with E-state index in [1.807, 2.05) is 43.3 Å². The molecule has 2 heterocycles. The quantitative estimate of drug-likeness (QED) is 0.570. The van der Waals surface area contributed by atoms with E-state index in [0.29, 0.717) is 6.61 Å². The number of ether oxygens (including phenoxy) is 1. The van der Waals surface area contributed by atoms with Gasteiger partial charge in [-0.15, -0.1) is 10.2 Å². The van der Waals surface area contributed by atoms with Crippen LogP contribution in [0.25, 0.3) is 0 Å².